The molecule has 0 radical (unpaired) electrons. The predicted octanol–water partition coefficient (Wildman–Crippen LogP) is 3.88. The molecule has 1 aromatic rings. The van der Waals surface area contributed by atoms with Gasteiger partial charge in [0.2, 0.25) is 0 Å². The van der Waals surface area contributed by atoms with Gasteiger partial charge in [-0.05, 0) is 36.8 Å². The summed E-state index contributed by atoms with van der Waals surface area (Å²) in [6.07, 6.45) is 8.16. The van der Waals surface area contributed by atoms with Crippen molar-refractivity contribution in [2.75, 3.05) is 5.73 Å². The number of nitrogen functional groups attached to an aromatic ring is 1. The van der Waals surface area contributed by atoms with Gasteiger partial charge in [-0.3, -0.25) is 4.79 Å². The maximum atomic E-state index is 12.0. The predicted molar refractivity (Wildman–Crippen MR) is 90.2 cm³/mol. The van der Waals surface area contributed by atoms with E-state index >= 15 is 0 Å². The lowest BCUT2D eigenvalue weighted by molar-refractivity contribution is -0.114. The van der Waals surface area contributed by atoms with E-state index in [0.717, 1.165) is 30.7 Å². The van der Waals surface area contributed by atoms with Crippen LogP contribution in [-0.4, -0.2) is 14.2 Å². The number of sulfone groups is 1. The van der Waals surface area contributed by atoms with Gasteiger partial charge in [-0.15, -0.1) is 0 Å². The van der Waals surface area contributed by atoms with E-state index in [1.807, 2.05) is 0 Å². The molecule has 0 saturated carbocycles. The van der Waals surface area contributed by atoms with Crippen LogP contribution in [0.4, 0.5) is 5.69 Å². The van der Waals surface area contributed by atoms with Crippen LogP contribution in [0.2, 0.25) is 0 Å². The molecule has 0 aliphatic carbocycles. The van der Waals surface area contributed by atoms with Gasteiger partial charge in [0.1, 0.15) is 0 Å². The number of hydrogen-bond donors (Lipinski definition) is 1. The summed E-state index contributed by atoms with van der Waals surface area (Å²) in [6.45, 7) is 2.16. The maximum absolute atomic E-state index is 12.0. The topological polar surface area (TPSA) is 77.2 Å². The number of unbranched alkanes of at least 4 members (excludes halogenated alkanes) is 5. The molecule has 0 atom stereocenters. The van der Waals surface area contributed by atoms with Crippen LogP contribution < -0.4 is 5.73 Å². The highest BCUT2D eigenvalue weighted by Gasteiger charge is 2.10. The standard InChI is InChI=1S/C17H25NO3S/c1-2-3-4-5-6-7-8-16(19)13-14-22(20,21)17-11-9-15(18)10-12-17/h9-14H,2-8,18H2,1H3/b14-13+. The number of anilines is 1. The Morgan fingerprint density at radius 1 is 1.05 bits per heavy atom. The summed E-state index contributed by atoms with van der Waals surface area (Å²) in [6, 6.07) is 5.93. The lowest BCUT2D eigenvalue weighted by Crippen LogP contribution is -1.99. The molecule has 5 heteroatoms. The largest absolute Gasteiger partial charge is 0.399 e. The molecule has 0 heterocycles. The lowest BCUT2D eigenvalue weighted by Gasteiger charge is -2.00. The van der Waals surface area contributed by atoms with E-state index in [1.165, 1.54) is 43.5 Å². The van der Waals surface area contributed by atoms with Gasteiger partial charge in [0.05, 0.1) is 4.90 Å². The summed E-state index contributed by atoms with van der Waals surface area (Å²) in [7, 11) is -3.57. The fourth-order valence-corrected chi connectivity index (χ4v) is 3.07. The molecular weight excluding hydrogens is 298 g/mol. The molecule has 0 aromatic heterocycles. The first kappa shape index (κ1) is 18.4. The molecule has 0 spiro atoms. The lowest BCUT2D eigenvalue weighted by atomic mass is 10.1. The Labute approximate surface area is 133 Å². The highest BCUT2D eigenvalue weighted by atomic mass is 32.2. The number of ketones is 1. The van der Waals surface area contributed by atoms with Crippen molar-refractivity contribution in [1.82, 2.24) is 0 Å². The van der Waals surface area contributed by atoms with Crippen molar-refractivity contribution < 1.29 is 13.2 Å². The number of benzene rings is 1. The zero-order chi connectivity index (χ0) is 16.4. The molecule has 1 aromatic carbocycles. The minimum Gasteiger partial charge on any atom is -0.399 e. The van der Waals surface area contributed by atoms with Gasteiger partial charge in [-0.2, -0.15) is 0 Å². The van der Waals surface area contributed by atoms with Crippen LogP contribution in [0.3, 0.4) is 0 Å². The molecule has 0 saturated heterocycles. The Hall–Kier alpha value is -1.62. The van der Waals surface area contributed by atoms with Gasteiger partial charge in [0.15, 0.2) is 15.6 Å². The average molecular weight is 323 g/mol. The monoisotopic (exact) mass is 323 g/mol. The molecule has 0 fully saturated rings. The first-order valence-corrected chi connectivity index (χ1v) is 9.32. The highest BCUT2D eigenvalue weighted by Crippen LogP contribution is 2.14. The minimum absolute atomic E-state index is 0.144. The fourth-order valence-electron chi connectivity index (χ4n) is 2.06. The Morgan fingerprint density at radius 3 is 2.27 bits per heavy atom. The molecule has 4 nitrogen and oxygen atoms in total. The summed E-state index contributed by atoms with van der Waals surface area (Å²) in [5, 5.41) is 0.984. The van der Waals surface area contributed by atoms with E-state index in [1.54, 1.807) is 0 Å². The van der Waals surface area contributed by atoms with Gasteiger partial charge in [0, 0.05) is 17.5 Å². The van der Waals surface area contributed by atoms with E-state index in [0.29, 0.717) is 12.1 Å². The second-order valence-corrected chi connectivity index (χ2v) is 7.23. The molecule has 122 valence electrons. The third-order valence-corrected chi connectivity index (χ3v) is 4.84. The van der Waals surface area contributed by atoms with Gasteiger partial charge >= 0.3 is 0 Å². The van der Waals surface area contributed by atoms with Gasteiger partial charge in [-0.1, -0.05) is 39.0 Å². The quantitative estimate of drug-likeness (QED) is 0.403. The van der Waals surface area contributed by atoms with Crippen molar-refractivity contribution in [2.24, 2.45) is 0 Å². The molecular formula is C17H25NO3S. The van der Waals surface area contributed by atoms with Crippen LogP contribution in [0.15, 0.2) is 40.6 Å². The van der Waals surface area contributed by atoms with E-state index < -0.39 is 9.84 Å². The molecule has 0 amide bonds. The molecule has 0 unspecified atom stereocenters. The Kier molecular flexibility index (Phi) is 7.88. The van der Waals surface area contributed by atoms with E-state index in [4.69, 9.17) is 5.73 Å². The zero-order valence-corrected chi connectivity index (χ0v) is 13.9. The van der Waals surface area contributed by atoms with Crippen molar-refractivity contribution in [3.05, 3.63) is 35.7 Å². The minimum atomic E-state index is -3.57. The van der Waals surface area contributed by atoms with Crippen molar-refractivity contribution in [1.29, 1.82) is 0 Å². The van der Waals surface area contributed by atoms with E-state index in [9.17, 15) is 13.2 Å². The van der Waals surface area contributed by atoms with Crippen LogP contribution in [-0.2, 0) is 14.6 Å². The summed E-state index contributed by atoms with van der Waals surface area (Å²) in [5.41, 5.74) is 6.03. The Bertz CT molecular complexity index is 589. The van der Waals surface area contributed by atoms with Gasteiger partial charge in [-0.25, -0.2) is 8.42 Å². The van der Waals surface area contributed by atoms with E-state index in [-0.39, 0.29) is 10.7 Å². The molecule has 2 N–H and O–H groups in total. The highest BCUT2D eigenvalue weighted by molar-refractivity contribution is 7.94. The Morgan fingerprint density at radius 2 is 1.64 bits per heavy atom. The van der Waals surface area contributed by atoms with Crippen molar-refractivity contribution in [3.63, 3.8) is 0 Å². The molecule has 1 rings (SSSR count). The second-order valence-electron chi connectivity index (χ2n) is 5.40. The van der Waals surface area contributed by atoms with Crippen molar-refractivity contribution >= 4 is 21.3 Å². The van der Waals surface area contributed by atoms with Crippen molar-refractivity contribution in [3.8, 4) is 0 Å². The maximum Gasteiger partial charge on any atom is 0.199 e. The second kappa shape index (κ2) is 9.41. The van der Waals surface area contributed by atoms with Gasteiger partial charge < -0.3 is 5.73 Å². The summed E-state index contributed by atoms with van der Waals surface area (Å²) >= 11 is 0. The normalized spacial score (nSPS) is 11.9. The summed E-state index contributed by atoms with van der Waals surface area (Å²) in [4.78, 5) is 11.8. The third-order valence-electron chi connectivity index (χ3n) is 3.42. The number of allylic oxidation sites excluding steroid dienone is 1. The Balaban J connectivity index is 2.42. The molecule has 22 heavy (non-hydrogen) atoms. The summed E-state index contributed by atoms with van der Waals surface area (Å²) in [5.74, 6) is -0.144. The zero-order valence-electron chi connectivity index (χ0n) is 13.1. The first-order valence-electron chi connectivity index (χ1n) is 7.77. The SMILES string of the molecule is CCCCCCCCC(=O)/C=C/S(=O)(=O)c1ccc(N)cc1. The third kappa shape index (κ3) is 6.89. The van der Waals surface area contributed by atoms with Crippen LogP contribution in [0.5, 0.6) is 0 Å². The number of hydrogen-bond acceptors (Lipinski definition) is 4. The van der Waals surface area contributed by atoms with Crippen LogP contribution in [0, 0.1) is 0 Å². The average Bonchev–Trinajstić information content (AvgIpc) is 2.49. The number of carbonyl (C=O) groups is 1. The molecule has 0 aliphatic heterocycles. The van der Waals surface area contributed by atoms with Gasteiger partial charge in [0.25, 0.3) is 0 Å². The number of nitrogens with two attached hydrogens (primary N) is 1. The van der Waals surface area contributed by atoms with Crippen LogP contribution in [0.25, 0.3) is 0 Å². The van der Waals surface area contributed by atoms with Crippen molar-refractivity contribution in [2.45, 2.75) is 56.8 Å². The van der Waals surface area contributed by atoms with Crippen LogP contribution in [0.1, 0.15) is 51.9 Å². The fraction of sp³-hybridized carbons (Fsp3) is 0.471. The smallest absolute Gasteiger partial charge is 0.199 e. The van der Waals surface area contributed by atoms with E-state index in [2.05, 4.69) is 6.92 Å². The summed E-state index contributed by atoms with van der Waals surface area (Å²) < 4.78 is 24.0. The first-order chi connectivity index (χ1) is 10.5. The number of rotatable bonds is 10. The molecule has 0 aliphatic rings. The van der Waals surface area contributed by atoms with Crippen LogP contribution >= 0.6 is 0 Å². The molecule has 0 bridgehead atoms. The number of carbonyl (C=O) groups excluding carboxylic acids is 1.